The highest BCUT2D eigenvalue weighted by Crippen LogP contribution is 2.20. The van der Waals surface area contributed by atoms with Gasteiger partial charge in [0.25, 0.3) is 0 Å². The van der Waals surface area contributed by atoms with Gasteiger partial charge in [0.1, 0.15) is 0 Å². The van der Waals surface area contributed by atoms with Crippen LogP contribution in [-0.2, 0) is 0 Å². The number of rotatable bonds is 1. The average Bonchev–Trinajstić information content (AvgIpc) is 2.20. The lowest BCUT2D eigenvalue weighted by atomic mass is 10.0. The maximum Gasteiger partial charge on any atom is 0.0305 e. The Morgan fingerprint density at radius 2 is 1.46 bits per heavy atom. The topological polar surface area (TPSA) is 6.48 Å². The van der Waals surface area contributed by atoms with Crippen molar-refractivity contribution in [3.8, 4) is 0 Å². The van der Waals surface area contributed by atoms with E-state index in [1.165, 1.54) is 32.4 Å². The summed E-state index contributed by atoms with van der Waals surface area (Å²) in [6.07, 6.45) is 6.12. The summed E-state index contributed by atoms with van der Waals surface area (Å²) in [5, 5.41) is 0.959. The largest absolute Gasteiger partial charge is 0.300 e. The van der Waals surface area contributed by atoms with E-state index in [2.05, 4.69) is 4.90 Å². The van der Waals surface area contributed by atoms with Crippen LogP contribution >= 0.6 is 0 Å². The molecule has 2 saturated heterocycles. The zero-order chi connectivity index (χ0) is 9.10. The summed E-state index contributed by atoms with van der Waals surface area (Å²) >= 11 is 0. The fourth-order valence-electron chi connectivity index (χ4n) is 2.48. The third-order valence-electron chi connectivity index (χ3n) is 3.32. The first-order chi connectivity index (χ1) is 6.36. The number of halogens is 1. The van der Waals surface area contributed by atoms with Crippen LogP contribution in [0.25, 0.3) is 0 Å². The minimum Gasteiger partial charge on any atom is -0.300 e. The van der Waals surface area contributed by atoms with Gasteiger partial charge in [-0.2, -0.15) is 0 Å². The molecule has 2 rings (SSSR count). The van der Waals surface area contributed by atoms with Gasteiger partial charge in [0.15, 0.2) is 0 Å². The van der Waals surface area contributed by atoms with Crippen molar-refractivity contribution in [2.75, 3.05) is 26.2 Å². The first kappa shape index (κ1) is 9.41. The number of likely N-dealkylation sites (tertiary alicyclic amines) is 1. The van der Waals surface area contributed by atoms with Crippen LogP contribution in [0.1, 0.15) is 32.1 Å². The second-order valence-electron chi connectivity index (χ2n) is 4.24. The van der Waals surface area contributed by atoms with Crippen LogP contribution < -0.4 is 0 Å². The molecule has 0 aromatic carbocycles. The van der Waals surface area contributed by atoms with Crippen molar-refractivity contribution >= 4 is 0 Å². The van der Waals surface area contributed by atoms with Crippen molar-refractivity contribution in [2.24, 2.45) is 0 Å². The highest BCUT2D eigenvalue weighted by molar-refractivity contribution is 4.79. The van der Waals surface area contributed by atoms with Gasteiger partial charge >= 0.3 is 0 Å². The highest BCUT2D eigenvalue weighted by atomic mass is 19.2. The molecule has 0 aromatic rings. The van der Waals surface area contributed by atoms with Crippen molar-refractivity contribution in [1.82, 2.24) is 10.0 Å². The predicted octanol–water partition coefficient (Wildman–Crippen LogP) is 1.82. The Labute approximate surface area is 79.6 Å². The minimum absolute atomic E-state index is 0.640. The molecule has 0 amide bonds. The van der Waals surface area contributed by atoms with Crippen LogP contribution in [0.5, 0.6) is 0 Å². The summed E-state index contributed by atoms with van der Waals surface area (Å²) < 4.78 is 12.7. The predicted molar refractivity (Wildman–Crippen MR) is 51.1 cm³/mol. The molecule has 0 aliphatic carbocycles. The first-order valence-electron chi connectivity index (χ1n) is 5.51. The summed E-state index contributed by atoms with van der Waals surface area (Å²) in [6, 6.07) is 0.673. The summed E-state index contributed by atoms with van der Waals surface area (Å²) in [4.78, 5) is 2.57. The maximum atomic E-state index is 12.7. The van der Waals surface area contributed by atoms with E-state index in [9.17, 15) is 4.48 Å². The van der Waals surface area contributed by atoms with Crippen LogP contribution in [-0.4, -0.2) is 42.2 Å². The van der Waals surface area contributed by atoms with Crippen LogP contribution in [0.4, 0.5) is 4.48 Å². The third-order valence-corrected chi connectivity index (χ3v) is 3.32. The van der Waals surface area contributed by atoms with Crippen molar-refractivity contribution in [3.05, 3.63) is 0 Å². The molecule has 3 heteroatoms. The summed E-state index contributed by atoms with van der Waals surface area (Å²) in [7, 11) is 0. The first-order valence-corrected chi connectivity index (χ1v) is 5.51. The van der Waals surface area contributed by atoms with E-state index >= 15 is 0 Å². The van der Waals surface area contributed by atoms with Gasteiger partial charge < -0.3 is 4.90 Å². The molecule has 2 heterocycles. The summed E-state index contributed by atoms with van der Waals surface area (Å²) in [6.45, 7) is 3.77. The van der Waals surface area contributed by atoms with Crippen LogP contribution in [0, 0.1) is 0 Å². The van der Waals surface area contributed by atoms with E-state index < -0.39 is 0 Å². The highest BCUT2D eigenvalue weighted by Gasteiger charge is 2.25. The second kappa shape index (κ2) is 4.38. The molecule has 13 heavy (non-hydrogen) atoms. The fraction of sp³-hybridized carbons (Fsp3) is 1.00. The minimum atomic E-state index is 0.640. The number of hydrogen-bond donors (Lipinski definition) is 0. The van der Waals surface area contributed by atoms with Crippen molar-refractivity contribution in [1.29, 1.82) is 0 Å². The Kier molecular flexibility index (Phi) is 3.17. The molecule has 2 aliphatic heterocycles. The maximum absolute atomic E-state index is 12.7. The van der Waals surface area contributed by atoms with E-state index in [4.69, 9.17) is 0 Å². The van der Waals surface area contributed by atoms with Crippen LogP contribution in [0.2, 0.25) is 0 Å². The summed E-state index contributed by atoms with van der Waals surface area (Å²) in [5.41, 5.74) is 0. The molecule has 0 atom stereocenters. The Balaban J connectivity index is 1.79. The van der Waals surface area contributed by atoms with E-state index in [1.54, 1.807) is 0 Å². The smallest absolute Gasteiger partial charge is 0.0305 e. The van der Waals surface area contributed by atoms with E-state index in [1.807, 2.05) is 0 Å². The van der Waals surface area contributed by atoms with Crippen molar-refractivity contribution in [3.63, 3.8) is 0 Å². The summed E-state index contributed by atoms with van der Waals surface area (Å²) in [5.74, 6) is 0. The van der Waals surface area contributed by atoms with E-state index in [0.717, 1.165) is 18.0 Å². The molecule has 2 aliphatic rings. The lowest BCUT2D eigenvalue weighted by Gasteiger charge is -2.37. The van der Waals surface area contributed by atoms with E-state index in [-0.39, 0.29) is 0 Å². The zero-order valence-corrected chi connectivity index (χ0v) is 8.21. The Morgan fingerprint density at radius 3 is 2.08 bits per heavy atom. The van der Waals surface area contributed by atoms with Gasteiger partial charge in [-0.15, -0.1) is 9.60 Å². The molecule has 0 saturated carbocycles. The molecule has 76 valence electrons. The van der Waals surface area contributed by atoms with Gasteiger partial charge in [-0.25, -0.2) is 0 Å². The molecule has 0 bridgehead atoms. The van der Waals surface area contributed by atoms with Gasteiger partial charge in [0, 0.05) is 19.1 Å². The molecular formula is C10H19FN2. The van der Waals surface area contributed by atoms with Gasteiger partial charge in [-0.3, -0.25) is 0 Å². The SMILES string of the molecule is FN1CCC(N2CCCCC2)CC1. The number of hydrogen-bond acceptors (Lipinski definition) is 2. The van der Waals surface area contributed by atoms with Crippen molar-refractivity contribution in [2.45, 2.75) is 38.1 Å². The monoisotopic (exact) mass is 186 g/mol. The van der Waals surface area contributed by atoms with Gasteiger partial charge in [-0.05, 0) is 38.8 Å². The second-order valence-corrected chi connectivity index (χ2v) is 4.24. The fourth-order valence-corrected chi connectivity index (χ4v) is 2.48. The number of piperidine rings is 2. The normalized spacial score (nSPS) is 29.3. The zero-order valence-electron chi connectivity index (χ0n) is 8.21. The van der Waals surface area contributed by atoms with Gasteiger partial charge in [0.05, 0.1) is 0 Å². The molecule has 0 radical (unpaired) electrons. The molecule has 0 aromatic heterocycles. The Hall–Kier alpha value is -0.150. The van der Waals surface area contributed by atoms with Gasteiger partial charge in [0.2, 0.25) is 0 Å². The van der Waals surface area contributed by atoms with E-state index in [0.29, 0.717) is 19.1 Å². The average molecular weight is 186 g/mol. The van der Waals surface area contributed by atoms with Gasteiger partial charge in [-0.1, -0.05) is 6.42 Å². The molecule has 2 nitrogen and oxygen atoms in total. The lowest BCUT2D eigenvalue weighted by molar-refractivity contribution is -0.0234. The Morgan fingerprint density at radius 1 is 0.846 bits per heavy atom. The molecule has 0 unspecified atom stereocenters. The van der Waals surface area contributed by atoms with Crippen molar-refractivity contribution < 1.29 is 4.48 Å². The van der Waals surface area contributed by atoms with Crippen LogP contribution in [0.15, 0.2) is 0 Å². The number of nitrogens with zero attached hydrogens (tertiary/aromatic N) is 2. The molecular weight excluding hydrogens is 167 g/mol. The molecule has 2 fully saturated rings. The van der Waals surface area contributed by atoms with Crippen LogP contribution in [0.3, 0.4) is 0 Å². The molecule has 0 N–H and O–H groups in total. The standard InChI is InChI=1S/C10H19FN2/c11-13-8-4-10(5-9-13)12-6-2-1-3-7-12/h10H,1-9H2. The quantitative estimate of drug-likeness (QED) is 0.576. The molecule has 0 spiro atoms. The third kappa shape index (κ3) is 2.41. The lowest BCUT2D eigenvalue weighted by Crippen LogP contribution is -2.44. The Bertz CT molecular complexity index is 149.